The molecule has 0 aromatic heterocycles. The molecule has 0 bridgehead atoms. The molecule has 3 rings (SSSR count). The average Bonchev–Trinajstić information content (AvgIpc) is 2.72. The molecule has 0 aliphatic carbocycles. The second kappa shape index (κ2) is 7.21. The number of anilines is 1. The fourth-order valence-electron chi connectivity index (χ4n) is 3.30. The Morgan fingerprint density at radius 1 is 1.35 bits per heavy atom. The van der Waals surface area contributed by atoms with Crippen molar-refractivity contribution >= 4 is 29.1 Å². The lowest BCUT2D eigenvalue weighted by Crippen LogP contribution is -2.49. The molecule has 2 aliphatic heterocycles. The minimum atomic E-state index is -0.403. The fraction of sp³-hybridized carbons (Fsp3) is 0.529. The summed E-state index contributed by atoms with van der Waals surface area (Å²) in [5, 5.41) is 6.45. The van der Waals surface area contributed by atoms with Crippen LogP contribution in [0.25, 0.3) is 0 Å². The number of benzene rings is 1. The molecule has 2 aliphatic rings. The monoisotopic (exact) mass is 335 g/mol. The smallest absolute Gasteiger partial charge is 0.242 e. The van der Waals surface area contributed by atoms with Gasteiger partial charge in [-0.1, -0.05) is 11.6 Å². The van der Waals surface area contributed by atoms with Crippen LogP contribution in [0.15, 0.2) is 18.2 Å². The van der Waals surface area contributed by atoms with Gasteiger partial charge in [-0.05, 0) is 55.9 Å². The molecule has 23 heavy (non-hydrogen) atoms. The maximum absolute atomic E-state index is 12.4. The Labute approximate surface area is 141 Å². The van der Waals surface area contributed by atoms with Crippen molar-refractivity contribution in [3.63, 3.8) is 0 Å². The Hall–Kier alpha value is -1.75. The molecule has 0 radical (unpaired) electrons. The van der Waals surface area contributed by atoms with Crippen molar-refractivity contribution < 1.29 is 9.59 Å². The standard InChI is InChI=1S/C17H22ClN3O2/c18-13-6-7-15-12(10-13)4-3-9-21(15)11-16(22)20-14-5-1-2-8-19-17(14)23/h6-7,10,14H,1-5,8-9,11H2,(H,19,23)(H,20,22). The van der Waals surface area contributed by atoms with Crippen molar-refractivity contribution in [2.45, 2.75) is 38.1 Å². The third-order valence-electron chi connectivity index (χ3n) is 4.46. The van der Waals surface area contributed by atoms with E-state index < -0.39 is 6.04 Å². The average molecular weight is 336 g/mol. The summed E-state index contributed by atoms with van der Waals surface area (Å²) in [6, 6.07) is 5.40. The van der Waals surface area contributed by atoms with Gasteiger partial charge in [0.25, 0.3) is 0 Å². The topological polar surface area (TPSA) is 61.4 Å². The Bertz CT molecular complexity index is 606. The Morgan fingerprint density at radius 3 is 3.09 bits per heavy atom. The predicted molar refractivity (Wildman–Crippen MR) is 90.8 cm³/mol. The molecule has 6 heteroatoms. The quantitative estimate of drug-likeness (QED) is 0.886. The number of fused-ring (bicyclic) bond motifs is 1. The van der Waals surface area contributed by atoms with Gasteiger partial charge >= 0.3 is 0 Å². The lowest BCUT2D eigenvalue weighted by molar-refractivity contribution is -0.128. The number of halogens is 1. The first-order valence-electron chi connectivity index (χ1n) is 8.24. The van der Waals surface area contributed by atoms with E-state index in [0.29, 0.717) is 13.0 Å². The van der Waals surface area contributed by atoms with Crippen molar-refractivity contribution in [3.8, 4) is 0 Å². The lowest BCUT2D eigenvalue weighted by Gasteiger charge is -2.31. The minimum absolute atomic E-state index is 0.0679. The highest BCUT2D eigenvalue weighted by molar-refractivity contribution is 6.30. The van der Waals surface area contributed by atoms with E-state index in [4.69, 9.17) is 11.6 Å². The van der Waals surface area contributed by atoms with Gasteiger partial charge in [0.2, 0.25) is 11.8 Å². The number of carbonyl (C=O) groups is 2. The summed E-state index contributed by atoms with van der Waals surface area (Å²) < 4.78 is 0. The van der Waals surface area contributed by atoms with Crippen LogP contribution in [0, 0.1) is 0 Å². The van der Waals surface area contributed by atoms with Gasteiger partial charge in [-0.25, -0.2) is 0 Å². The molecular formula is C17H22ClN3O2. The van der Waals surface area contributed by atoms with E-state index >= 15 is 0 Å². The van der Waals surface area contributed by atoms with E-state index in [-0.39, 0.29) is 18.4 Å². The first-order valence-corrected chi connectivity index (χ1v) is 8.62. The summed E-state index contributed by atoms with van der Waals surface area (Å²) in [7, 11) is 0. The summed E-state index contributed by atoms with van der Waals surface area (Å²) in [5.41, 5.74) is 2.25. The molecule has 2 heterocycles. The maximum Gasteiger partial charge on any atom is 0.242 e. The van der Waals surface area contributed by atoms with Gasteiger partial charge in [-0.2, -0.15) is 0 Å². The van der Waals surface area contributed by atoms with Crippen molar-refractivity contribution in [1.29, 1.82) is 0 Å². The van der Waals surface area contributed by atoms with Gasteiger partial charge < -0.3 is 15.5 Å². The van der Waals surface area contributed by atoms with Crippen LogP contribution in [0.1, 0.15) is 31.2 Å². The molecule has 2 amide bonds. The predicted octanol–water partition coefficient (Wildman–Crippen LogP) is 1.88. The number of hydrogen-bond acceptors (Lipinski definition) is 3. The number of carbonyl (C=O) groups excluding carboxylic acids is 2. The van der Waals surface area contributed by atoms with Gasteiger partial charge in [0, 0.05) is 23.8 Å². The van der Waals surface area contributed by atoms with Crippen LogP contribution >= 0.6 is 11.6 Å². The van der Waals surface area contributed by atoms with E-state index in [1.807, 2.05) is 18.2 Å². The zero-order valence-electron chi connectivity index (χ0n) is 13.1. The van der Waals surface area contributed by atoms with Crippen LogP contribution in [0.3, 0.4) is 0 Å². The number of nitrogens with zero attached hydrogens (tertiary/aromatic N) is 1. The first kappa shape index (κ1) is 16.1. The van der Waals surface area contributed by atoms with Crippen molar-refractivity contribution in [3.05, 3.63) is 28.8 Å². The Kier molecular flexibility index (Phi) is 5.06. The molecular weight excluding hydrogens is 314 g/mol. The van der Waals surface area contributed by atoms with Crippen LogP contribution in [0.4, 0.5) is 5.69 Å². The van der Waals surface area contributed by atoms with Crippen molar-refractivity contribution in [1.82, 2.24) is 10.6 Å². The van der Waals surface area contributed by atoms with Crippen LogP contribution in [0.5, 0.6) is 0 Å². The van der Waals surface area contributed by atoms with E-state index in [2.05, 4.69) is 15.5 Å². The molecule has 2 N–H and O–H groups in total. The minimum Gasteiger partial charge on any atom is -0.362 e. The number of amides is 2. The van der Waals surface area contributed by atoms with Gasteiger partial charge in [0.1, 0.15) is 6.04 Å². The molecule has 1 aromatic carbocycles. The highest BCUT2D eigenvalue weighted by Crippen LogP contribution is 2.29. The molecule has 0 saturated carbocycles. The van der Waals surface area contributed by atoms with Crippen LogP contribution < -0.4 is 15.5 Å². The summed E-state index contributed by atoms with van der Waals surface area (Å²) in [6.07, 6.45) is 4.63. The molecule has 124 valence electrons. The summed E-state index contributed by atoms with van der Waals surface area (Å²) in [6.45, 7) is 1.82. The number of nitrogens with one attached hydrogen (secondary N) is 2. The highest BCUT2D eigenvalue weighted by Gasteiger charge is 2.24. The fourth-order valence-corrected chi connectivity index (χ4v) is 3.49. The van der Waals surface area contributed by atoms with Crippen molar-refractivity contribution in [2.24, 2.45) is 0 Å². The molecule has 1 atom stereocenters. The second-order valence-corrected chi connectivity index (χ2v) is 6.64. The normalized spacial score (nSPS) is 21.2. The number of hydrogen-bond donors (Lipinski definition) is 2. The first-order chi connectivity index (χ1) is 11.1. The van der Waals surface area contributed by atoms with Crippen LogP contribution in [-0.2, 0) is 16.0 Å². The SMILES string of the molecule is O=C(CN1CCCc2cc(Cl)ccc21)NC1CCCCNC1=O. The number of aryl methyl sites for hydroxylation is 1. The van der Waals surface area contributed by atoms with E-state index in [0.717, 1.165) is 42.9 Å². The van der Waals surface area contributed by atoms with Gasteiger partial charge in [0.05, 0.1) is 6.54 Å². The number of rotatable bonds is 3. The van der Waals surface area contributed by atoms with Crippen LogP contribution in [-0.4, -0.2) is 37.5 Å². The van der Waals surface area contributed by atoms with E-state index in [1.54, 1.807) is 0 Å². The Balaban J connectivity index is 1.63. The van der Waals surface area contributed by atoms with E-state index in [1.165, 1.54) is 5.56 Å². The van der Waals surface area contributed by atoms with Gasteiger partial charge in [-0.15, -0.1) is 0 Å². The third-order valence-corrected chi connectivity index (χ3v) is 4.70. The molecule has 1 fully saturated rings. The van der Waals surface area contributed by atoms with Crippen molar-refractivity contribution in [2.75, 3.05) is 24.5 Å². The van der Waals surface area contributed by atoms with Gasteiger partial charge in [-0.3, -0.25) is 9.59 Å². The van der Waals surface area contributed by atoms with E-state index in [9.17, 15) is 9.59 Å². The summed E-state index contributed by atoms with van der Waals surface area (Å²) in [4.78, 5) is 26.3. The maximum atomic E-state index is 12.4. The summed E-state index contributed by atoms with van der Waals surface area (Å²) in [5.74, 6) is -0.170. The zero-order valence-corrected chi connectivity index (χ0v) is 13.9. The third kappa shape index (κ3) is 3.96. The largest absolute Gasteiger partial charge is 0.362 e. The molecule has 1 aromatic rings. The zero-order chi connectivity index (χ0) is 16.2. The van der Waals surface area contributed by atoms with Gasteiger partial charge in [0.15, 0.2) is 0 Å². The lowest BCUT2D eigenvalue weighted by atomic mass is 10.0. The molecule has 1 saturated heterocycles. The van der Waals surface area contributed by atoms with Crippen LogP contribution in [0.2, 0.25) is 5.02 Å². The molecule has 0 spiro atoms. The highest BCUT2D eigenvalue weighted by atomic mass is 35.5. The molecule has 1 unspecified atom stereocenters. The Morgan fingerprint density at radius 2 is 2.22 bits per heavy atom. The molecule has 5 nitrogen and oxygen atoms in total. The summed E-state index contributed by atoms with van der Waals surface area (Å²) >= 11 is 6.05. The second-order valence-electron chi connectivity index (χ2n) is 6.21.